The van der Waals surface area contributed by atoms with Gasteiger partial charge in [-0.25, -0.2) is 4.39 Å². The Balaban J connectivity index is 3.15. The molecule has 0 bridgehead atoms. The van der Waals surface area contributed by atoms with Crippen molar-refractivity contribution in [3.8, 4) is 0 Å². The predicted octanol–water partition coefficient (Wildman–Crippen LogP) is 4.23. The molecule has 0 aromatic heterocycles. The second kappa shape index (κ2) is 4.91. The van der Waals surface area contributed by atoms with Crippen molar-refractivity contribution in [3.63, 3.8) is 0 Å². The van der Waals surface area contributed by atoms with E-state index in [4.69, 9.17) is 0 Å². The van der Waals surface area contributed by atoms with Crippen molar-refractivity contribution < 1.29 is 62.2 Å². The van der Waals surface area contributed by atoms with Gasteiger partial charge in [0.25, 0.3) is 6.10 Å². The summed E-state index contributed by atoms with van der Waals surface area (Å²) in [5, 5.41) is 0. The van der Waals surface area contributed by atoms with Crippen LogP contribution in [0.4, 0.5) is 52.7 Å². The van der Waals surface area contributed by atoms with Crippen LogP contribution in [-0.2, 0) is 9.47 Å². The zero-order chi connectivity index (χ0) is 17.8. The van der Waals surface area contributed by atoms with E-state index in [2.05, 4.69) is 9.47 Å². The highest BCUT2D eigenvalue weighted by molar-refractivity contribution is 5.16. The van der Waals surface area contributed by atoms with E-state index >= 15 is 0 Å². The van der Waals surface area contributed by atoms with Gasteiger partial charge in [0.2, 0.25) is 5.83 Å². The molecule has 0 saturated carbocycles. The van der Waals surface area contributed by atoms with Crippen molar-refractivity contribution in [2.75, 3.05) is 0 Å². The van der Waals surface area contributed by atoms with Gasteiger partial charge in [-0.15, -0.1) is 0 Å². The summed E-state index contributed by atoms with van der Waals surface area (Å²) in [5.74, 6) is -8.36. The Bertz CT molecular complexity index is 449. The molecular formula is C8H2F12O2. The molecule has 22 heavy (non-hydrogen) atoms. The third kappa shape index (κ3) is 3.42. The second-order valence-electron chi connectivity index (χ2n) is 3.85. The fourth-order valence-corrected chi connectivity index (χ4v) is 1.20. The topological polar surface area (TPSA) is 18.5 Å². The average molecular weight is 358 g/mol. The lowest BCUT2D eigenvalue weighted by Crippen LogP contribution is -2.55. The fourth-order valence-electron chi connectivity index (χ4n) is 1.20. The molecule has 1 atom stereocenters. The van der Waals surface area contributed by atoms with E-state index in [1.54, 1.807) is 0 Å². The smallest absolute Gasteiger partial charge is 0.293 e. The number of hydrogen-bond acceptors (Lipinski definition) is 2. The highest BCUT2D eigenvalue weighted by Gasteiger charge is 2.71. The van der Waals surface area contributed by atoms with Gasteiger partial charge in [0.05, 0.1) is 0 Å². The van der Waals surface area contributed by atoms with Gasteiger partial charge in [0.1, 0.15) is 0 Å². The summed E-state index contributed by atoms with van der Waals surface area (Å²) < 4.78 is 154. The van der Waals surface area contributed by atoms with Gasteiger partial charge in [-0.3, -0.25) is 9.47 Å². The van der Waals surface area contributed by atoms with Crippen LogP contribution >= 0.6 is 0 Å². The van der Waals surface area contributed by atoms with Crippen molar-refractivity contribution in [1.82, 2.24) is 0 Å². The van der Waals surface area contributed by atoms with Crippen molar-refractivity contribution >= 4 is 0 Å². The first-order chi connectivity index (χ1) is 9.42. The maximum Gasteiger partial charge on any atom is 0.423 e. The molecule has 1 aliphatic rings. The Labute approximate surface area is 112 Å². The van der Waals surface area contributed by atoms with Crippen LogP contribution in [0.1, 0.15) is 0 Å². The van der Waals surface area contributed by atoms with Gasteiger partial charge < -0.3 is 0 Å². The van der Waals surface area contributed by atoms with Gasteiger partial charge in [-0.1, -0.05) is 0 Å². The van der Waals surface area contributed by atoms with Crippen LogP contribution in [0, 0.1) is 0 Å². The second-order valence-corrected chi connectivity index (χ2v) is 3.85. The van der Waals surface area contributed by atoms with Gasteiger partial charge in [-0.05, 0) is 0 Å². The lowest BCUT2D eigenvalue weighted by molar-refractivity contribution is -0.450. The summed E-state index contributed by atoms with van der Waals surface area (Å²) in [6.07, 6.45) is -31.1. The number of hydrogen-bond donors (Lipinski definition) is 0. The molecule has 2 nitrogen and oxygen atoms in total. The van der Waals surface area contributed by atoms with E-state index in [0.29, 0.717) is 0 Å². The lowest BCUT2D eigenvalue weighted by Gasteiger charge is -2.32. The number of halogens is 12. The lowest BCUT2D eigenvalue weighted by atomic mass is 10.2. The Morgan fingerprint density at radius 1 is 0.909 bits per heavy atom. The Morgan fingerprint density at radius 2 is 1.32 bits per heavy atom. The van der Waals surface area contributed by atoms with Crippen LogP contribution in [0.2, 0.25) is 0 Å². The van der Waals surface area contributed by atoms with E-state index in [0.717, 1.165) is 0 Å². The predicted molar refractivity (Wildman–Crippen MR) is 41.0 cm³/mol. The molecule has 0 fully saturated rings. The third-order valence-corrected chi connectivity index (χ3v) is 2.12. The monoisotopic (exact) mass is 358 g/mol. The van der Waals surface area contributed by atoms with Gasteiger partial charge >= 0.3 is 30.4 Å². The number of rotatable bonds is 3. The quantitative estimate of drug-likeness (QED) is 0.703. The Kier molecular flexibility index (Phi) is 4.21. The molecular weight excluding hydrogens is 356 g/mol. The van der Waals surface area contributed by atoms with E-state index in [1.165, 1.54) is 0 Å². The number of alkyl halides is 11. The van der Waals surface area contributed by atoms with E-state index < -0.39 is 48.4 Å². The van der Waals surface area contributed by atoms with Crippen LogP contribution < -0.4 is 0 Å². The van der Waals surface area contributed by atoms with Crippen LogP contribution in [0.5, 0.6) is 0 Å². The summed E-state index contributed by atoms with van der Waals surface area (Å²) >= 11 is 0. The molecule has 0 radical (unpaired) electrons. The normalized spacial score (nSPS) is 26.5. The van der Waals surface area contributed by atoms with Gasteiger partial charge in [0.15, 0.2) is 0 Å². The molecule has 0 aliphatic carbocycles. The van der Waals surface area contributed by atoms with E-state index in [1.807, 2.05) is 0 Å². The van der Waals surface area contributed by atoms with Crippen molar-refractivity contribution in [2.45, 2.75) is 36.5 Å². The molecule has 1 rings (SSSR count). The van der Waals surface area contributed by atoms with Crippen LogP contribution in [0.3, 0.4) is 0 Å². The molecule has 1 unspecified atom stereocenters. The molecule has 0 amide bonds. The maximum absolute atomic E-state index is 13.3. The van der Waals surface area contributed by atoms with E-state index in [9.17, 15) is 52.7 Å². The highest BCUT2D eigenvalue weighted by Crippen LogP contribution is 2.51. The SMILES string of the molecule is FC1=CC(F)(C(F)(F)OC(C(F)(F)F)C(F)(F)F)OC1(F)F. The minimum absolute atomic E-state index is 1.32. The fraction of sp³-hybridized carbons (Fsp3) is 0.750. The first-order valence-electron chi connectivity index (χ1n) is 4.77. The van der Waals surface area contributed by atoms with E-state index in [-0.39, 0.29) is 0 Å². The molecule has 0 saturated heterocycles. The summed E-state index contributed by atoms with van der Waals surface area (Å²) in [4.78, 5) is 0. The number of ether oxygens (including phenoxy) is 2. The van der Waals surface area contributed by atoms with Gasteiger partial charge in [-0.2, -0.15) is 48.3 Å². The Morgan fingerprint density at radius 3 is 1.59 bits per heavy atom. The summed E-state index contributed by atoms with van der Waals surface area (Å²) in [6, 6.07) is 0. The van der Waals surface area contributed by atoms with Crippen LogP contribution in [0.25, 0.3) is 0 Å². The molecule has 0 spiro atoms. The third-order valence-electron chi connectivity index (χ3n) is 2.12. The molecule has 130 valence electrons. The first-order valence-corrected chi connectivity index (χ1v) is 4.77. The standard InChI is InChI=1S/C8H2F12O2/c9-2-1-4(10,22-7(2,17)18)8(19,20)21-3(5(11,12)13)6(14,15)16/h1,3H. The van der Waals surface area contributed by atoms with Gasteiger partial charge in [0, 0.05) is 6.08 Å². The first kappa shape index (κ1) is 18.9. The summed E-state index contributed by atoms with van der Waals surface area (Å²) in [5.41, 5.74) is 0. The zero-order valence-corrected chi connectivity index (χ0v) is 9.51. The minimum atomic E-state index is -6.48. The zero-order valence-electron chi connectivity index (χ0n) is 9.51. The molecule has 1 aliphatic heterocycles. The van der Waals surface area contributed by atoms with Crippen molar-refractivity contribution in [3.05, 3.63) is 11.9 Å². The van der Waals surface area contributed by atoms with Crippen LogP contribution in [0.15, 0.2) is 11.9 Å². The summed E-state index contributed by atoms with van der Waals surface area (Å²) in [6.45, 7) is 0. The van der Waals surface area contributed by atoms with Crippen molar-refractivity contribution in [1.29, 1.82) is 0 Å². The molecule has 0 N–H and O–H groups in total. The molecule has 14 heteroatoms. The maximum atomic E-state index is 13.3. The minimum Gasteiger partial charge on any atom is -0.293 e. The highest BCUT2D eigenvalue weighted by atomic mass is 19.4. The van der Waals surface area contributed by atoms with Crippen LogP contribution in [-0.4, -0.2) is 36.5 Å². The molecule has 0 aromatic carbocycles. The molecule has 1 heterocycles. The Hall–Kier alpha value is -1.18. The summed E-state index contributed by atoms with van der Waals surface area (Å²) in [7, 11) is 0. The van der Waals surface area contributed by atoms with Crippen molar-refractivity contribution in [2.24, 2.45) is 0 Å². The molecule has 0 aromatic rings. The average Bonchev–Trinajstić information content (AvgIpc) is 2.42. The largest absolute Gasteiger partial charge is 0.423 e.